The van der Waals surface area contributed by atoms with E-state index in [4.69, 9.17) is 4.74 Å². The van der Waals surface area contributed by atoms with Crippen molar-refractivity contribution in [3.8, 4) is 0 Å². The number of carbonyl (C=O) groups is 1. The number of benzene rings is 1. The highest BCUT2D eigenvalue weighted by Crippen LogP contribution is 2.40. The van der Waals surface area contributed by atoms with Crippen LogP contribution in [0.4, 0.5) is 8.78 Å². The van der Waals surface area contributed by atoms with Crippen LogP contribution in [0.1, 0.15) is 33.3 Å². The van der Waals surface area contributed by atoms with E-state index in [0.717, 1.165) is 12.1 Å². The summed E-state index contributed by atoms with van der Waals surface area (Å²) in [5.41, 5.74) is -3.12. The number of aliphatic hydroxyl groups is 1. The fourth-order valence-electron chi connectivity index (χ4n) is 1.71. The molecule has 0 spiro atoms. The van der Waals surface area contributed by atoms with E-state index in [1.165, 1.54) is 20.8 Å². The lowest BCUT2D eigenvalue weighted by molar-refractivity contribution is -0.170. The average molecular weight is 272 g/mol. The van der Waals surface area contributed by atoms with Crippen LogP contribution >= 0.6 is 0 Å². The number of halogens is 2. The first-order chi connectivity index (χ1) is 8.62. The van der Waals surface area contributed by atoms with Crippen molar-refractivity contribution in [2.24, 2.45) is 5.41 Å². The molecule has 1 rings (SSSR count). The third-order valence-electron chi connectivity index (χ3n) is 3.43. The number of hydrogen-bond acceptors (Lipinski definition) is 3. The van der Waals surface area contributed by atoms with Gasteiger partial charge in [0.05, 0.1) is 12.0 Å². The number of rotatable bonds is 4. The fraction of sp³-hybridized carbons (Fsp3) is 0.500. The van der Waals surface area contributed by atoms with Gasteiger partial charge in [0.25, 0.3) is 0 Å². The molecule has 0 amide bonds. The maximum atomic E-state index is 13.2. The molecule has 0 aliphatic rings. The molecule has 0 aromatic heterocycles. The van der Waals surface area contributed by atoms with E-state index in [1.54, 1.807) is 6.92 Å². The van der Waals surface area contributed by atoms with Crippen LogP contribution in [0.3, 0.4) is 0 Å². The molecule has 5 heteroatoms. The van der Waals surface area contributed by atoms with Crippen molar-refractivity contribution in [2.45, 2.75) is 33.3 Å². The summed E-state index contributed by atoms with van der Waals surface area (Å²) in [7, 11) is 0. The number of hydrogen-bond donors (Lipinski definition) is 1. The molecule has 0 saturated carbocycles. The van der Waals surface area contributed by atoms with Crippen molar-refractivity contribution >= 4 is 5.97 Å². The van der Waals surface area contributed by atoms with Crippen LogP contribution in [0.2, 0.25) is 0 Å². The smallest absolute Gasteiger partial charge is 0.314 e. The van der Waals surface area contributed by atoms with Gasteiger partial charge >= 0.3 is 5.97 Å². The lowest BCUT2D eigenvalue weighted by Gasteiger charge is -2.38. The first-order valence-corrected chi connectivity index (χ1v) is 5.99. The van der Waals surface area contributed by atoms with Crippen molar-refractivity contribution in [3.63, 3.8) is 0 Å². The van der Waals surface area contributed by atoms with Gasteiger partial charge in [0.15, 0.2) is 0 Å². The van der Waals surface area contributed by atoms with E-state index in [-0.39, 0.29) is 12.2 Å². The average Bonchev–Trinajstić information content (AvgIpc) is 2.27. The van der Waals surface area contributed by atoms with Gasteiger partial charge in [-0.2, -0.15) is 0 Å². The molecule has 1 aromatic rings. The lowest BCUT2D eigenvalue weighted by atomic mass is 9.72. The Morgan fingerprint density at radius 3 is 2.11 bits per heavy atom. The molecule has 106 valence electrons. The van der Waals surface area contributed by atoms with Gasteiger partial charge in [-0.25, -0.2) is 8.78 Å². The first kappa shape index (κ1) is 15.6. The van der Waals surface area contributed by atoms with Crippen LogP contribution in [0, 0.1) is 17.0 Å². The van der Waals surface area contributed by atoms with Crippen LogP contribution in [0.25, 0.3) is 0 Å². The Hall–Kier alpha value is -1.49. The molecule has 0 saturated heterocycles. The Balaban J connectivity index is 3.25. The Morgan fingerprint density at radius 2 is 1.68 bits per heavy atom. The summed E-state index contributed by atoms with van der Waals surface area (Å²) < 4.78 is 31.3. The second-order valence-electron chi connectivity index (χ2n) is 5.08. The van der Waals surface area contributed by atoms with Crippen molar-refractivity contribution in [1.82, 2.24) is 0 Å². The quantitative estimate of drug-likeness (QED) is 0.857. The van der Waals surface area contributed by atoms with Gasteiger partial charge in [0.1, 0.15) is 17.2 Å². The lowest BCUT2D eigenvalue weighted by Crippen LogP contribution is -2.46. The molecule has 0 aliphatic carbocycles. The summed E-state index contributed by atoms with van der Waals surface area (Å²) in [4.78, 5) is 11.9. The summed E-state index contributed by atoms with van der Waals surface area (Å²) in [6.07, 6.45) is 0. The Labute approximate surface area is 111 Å². The van der Waals surface area contributed by atoms with Crippen molar-refractivity contribution in [2.75, 3.05) is 6.61 Å². The van der Waals surface area contributed by atoms with Crippen LogP contribution in [0.15, 0.2) is 18.2 Å². The minimum absolute atomic E-state index is 0.0111. The zero-order chi connectivity index (χ0) is 14.8. The van der Waals surface area contributed by atoms with Crippen LogP contribution in [0.5, 0.6) is 0 Å². The largest absolute Gasteiger partial charge is 0.465 e. The van der Waals surface area contributed by atoms with E-state index in [0.29, 0.717) is 6.07 Å². The molecule has 0 aliphatic heterocycles. The third kappa shape index (κ3) is 2.92. The van der Waals surface area contributed by atoms with Gasteiger partial charge in [-0.15, -0.1) is 0 Å². The summed E-state index contributed by atoms with van der Waals surface area (Å²) in [5.74, 6) is -2.26. The molecular formula is C14H18F2O3. The SMILES string of the molecule is CCOC(=O)C(C)(C)C(C)(O)c1cc(F)cc(F)c1. The standard InChI is InChI=1S/C14H18F2O3/c1-5-19-12(17)13(2,3)14(4,18)9-6-10(15)8-11(16)7-9/h6-8,18H,5H2,1-4H3. The van der Waals surface area contributed by atoms with Crippen LogP contribution in [-0.2, 0) is 15.1 Å². The highest BCUT2D eigenvalue weighted by Gasteiger charge is 2.48. The topological polar surface area (TPSA) is 46.5 Å². The van der Waals surface area contributed by atoms with Crippen LogP contribution < -0.4 is 0 Å². The molecule has 1 atom stereocenters. The number of carbonyl (C=O) groups excluding carboxylic acids is 1. The summed E-state index contributed by atoms with van der Waals surface area (Å²) >= 11 is 0. The molecule has 1 N–H and O–H groups in total. The first-order valence-electron chi connectivity index (χ1n) is 5.99. The molecule has 3 nitrogen and oxygen atoms in total. The summed E-state index contributed by atoms with van der Waals surface area (Å²) in [6, 6.07) is 2.71. The van der Waals surface area contributed by atoms with Crippen molar-refractivity contribution in [1.29, 1.82) is 0 Å². The second kappa shape index (κ2) is 5.25. The molecule has 0 radical (unpaired) electrons. The Morgan fingerprint density at radius 1 is 1.21 bits per heavy atom. The Kier molecular flexibility index (Phi) is 4.30. The molecule has 0 fully saturated rings. The van der Waals surface area contributed by atoms with Crippen molar-refractivity contribution < 1.29 is 23.4 Å². The number of esters is 1. The maximum absolute atomic E-state index is 13.2. The Bertz CT molecular complexity index is 461. The zero-order valence-corrected chi connectivity index (χ0v) is 11.5. The van der Waals surface area contributed by atoms with Gasteiger partial charge in [-0.3, -0.25) is 4.79 Å². The van der Waals surface area contributed by atoms with Gasteiger partial charge < -0.3 is 9.84 Å². The molecule has 19 heavy (non-hydrogen) atoms. The minimum atomic E-state index is -1.76. The highest BCUT2D eigenvalue weighted by atomic mass is 19.1. The molecule has 0 heterocycles. The number of ether oxygens (including phenoxy) is 1. The minimum Gasteiger partial charge on any atom is -0.465 e. The van der Waals surface area contributed by atoms with E-state index < -0.39 is 28.6 Å². The van der Waals surface area contributed by atoms with Gasteiger partial charge in [0.2, 0.25) is 0 Å². The highest BCUT2D eigenvalue weighted by molar-refractivity contribution is 5.77. The molecule has 0 bridgehead atoms. The molecule has 1 unspecified atom stereocenters. The van der Waals surface area contributed by atoms with Gasteiger partial charge in [-0.05, 0) is 45.4 Å². The summed E-state index contributed by atoms with van der Waals surface area (Å²) in [5, 5.41) is 10.5. The maximum Gasteiger partial charge on any atom is 0.314 e. The third-order valence-corrected chi connectivity index (χ3v) is 3.43. The van der Waals surface area contributed by atoms with E-state index in [9.17, 15) is 18.7 Å². The second-order valence-corrected chi connectivity index (χ2v) is 5.08. The van der Waals surface area contributed by atoms with Crippen LogP contribution in [-0.4, -0.2) is 17.7 Å². The normalized spacial score (nSPS) is 14.9. The van der Waals surface area contributed by atoms with Gasteiger partial charge in [0, 0.05) is 6.07 Å². The van der Waals surface area contributed by atoms with Crippen molar-refractivity contribution in [3.05, 3.63) is 35.4 Å². The predicted octanol–water partition coefficient (Wildman–Crippen LogP) is 2.76. The fourth-order valence-corrected chi connectivity index (χ4v) is 1.71. The zero-order valence-electron chi connectivity index (χ0n) is 11.5. The van der Waals surface area contributed by atoms with Gasteiger partial charge in [-0.1, -0.05) is 0 Å². The van der Waals surface area contributed by atoms with E-state index in [2.05, 4.69) is 0 Å². The summed E-state index contributed by atoms with van der Waals surface area (Å²) in [6.45, 7) is 6.07. The predicted molar refractivity (Wildman–Crippen MR) is 66.3 cm³/mol. The molecule has 1 aromatic carbocycles. The van der Waals surface area contributed by atoms with E-state index in [1.807, 2.05) is 0 Å². The molecular weight excluding hydrogens is 254 g/mol. The monoisotopic (exact) mass is 272 g/mol. The van der Waals surface area contributed by atoms with E-state index >= 15 is 0 Å².